The van der Waals surface area contributed by atoms with Gasteiger partial charge in [-0.1, -0.05) is 6.07 Å². The van der Waals surface area contributed by atoms with E-state index in [4.69, 9.17) is 10.5 Å². The van der Waals surface area contributed by atoms with Crippen molar-refractivity contribution in [2.75, 3.05) is 18.1 Å². The van der Waals surface area contributed by atoms with Gasteiger partial charge >= 0.3 is 5.97 Å². The second kappa shape index (κ2) is 7.94. The fraction of sp³-hybridized carbons (Fsp3) is 0.500. The summed E-state index contributed by atoms with van der Waals surface area (Å²) in [5, 5.41) is 0. The summed E-state index contributed by atoms with van der Waals surface area (Å²) in [6.07, 6.45) is 1.74. The summed E-state index contributed by atoms with van der Waals surface area (Å²) in [6.45, 7) is 2.70. The SMILES string of the molecule is CCOC(=O)C(N)CSCCn1ccccc1=O. The molecule has 0 bridgehead atoms. The van der Waals surface area contributed by atoms with Gasteiger partial charge in [-0.3, -0.25) is 9.59 Å². The lowest BCUT2D eigenvalue weighted by atomic mass is 10.4. The Labute approximate surface area is 110 Å². The molecule has 1 rings (SSSR count). The highest BCUT2D eigenvalue weighted by Gasteiger charge is 2.13. The Balaban J connectivity index is 2.25. The summed E-state index contributed by atoms with van der Waals surface area (Å²) in [5.74, 6) is 0.860. The van der Waals surface area contributed by atoms with E-state index in [-0.39, 0.29) is 11.5 Å². The van der Waals surface area contributed by atoms with E-state index in [0.717, 1.165) is 5.75 Å². The topological polar surface area (TPSA) is 74.3 Å². The quantitative estimate of drug-likeness (QED) is 0.576. The molecule has 0 aromatic carbocycles. The highest BCUT2D eigenvalue weighted by Crippen LogP contribution is 2.03. The number of aromatic nitrogens is 1. The van der Waals surface area contributed by atoms with E-state index in [0.29, 0.717) is 18.9 Å². The molecular weight excluding hydrogens is 252 g/mol. The molecule has 1 aromatic heterocycles. The summed E-state index contributed by atoms with van der Waals surface area (Å²) < 4.78 is 6.43. The zero-order valence-electron chi connectivity index (χ0n) is 10.4. The molecule has 0 aliphatic rings. The largest absolute Gasteiger partial charge is 0.465 e. The third kappa shape index (κ3) is 4.93. The van der Waals surface area contributed by atoms with E-state index in [1.54, 1.807) is 23.8 Å². The van der Waals surface area contributed by atoms with Crippen LogP contribution in [0.4, 0.5) is 0 Å². The summed E-state index contributed by atoms with van der Waals surface area (Å²) in [6, 6.07) is 4.45. The normalized spacial score (nSPS) is 12.1. The number of pyridine rings is 1. The van der Waals surface area contributed by atoms with Crippen LogP contribution in [-0.2, 0) is 16.1 Å². The molecule has 0 saturated carbocycles. The maximum absolute atomic E-state index is 11.4. The second-order valence-corrected chi connectivity index (χ2v) is 4.82. The van der Waals surface area contributed by atoms with Crippen LogP contribution in [0.15, 0.2) is 29.2 Å². The maximum Gasteiger partial charge on any atom is 0.323 e. The van der Waals surface area contributed by atoms with Crippen molar-refractivity contribution < 1.29 is 9.53 Å². The molecule has 0 radical (unpaired) electrons. The van der Waals surface area contributed by atoms with Gasteiger partial charge < -0.3 is 15.0 Å². The van der Waals surface area contributed by atoms with Crippen LogP contribution < -0.4 is 11.3 Å². The Kier molecular flexibility index (Phi) is 6.53. The molecule has 100 valence electrons. The second-order valence-electron chi connectivity index (χ2n) is 3.67. The minimum Gasteiger partial charge on any atom is -0.465 e. The van der Waals surface area contributed by atoms with Crippen LogP contribution in [0.5, 0.6) is 0 Å². The van der Waals surface area contributed by atoms with Crippen LogP contribution in [-0.4, -0.2) is 34.7 Å². The van der Waals surface area contributed by atoms with Crippen molar-refractivity contribution in [3.05, 3.63) is 34.7 Å². The van der Waals surface area contributed by atoms with Gasteiger partial charge in [-0.25, -0.2) is 0 Å². The first-order chi connectivity index (χ1) is 8.65. The Hall–Kier alpha value is -1.27. The Bertz CT molecular complexity index is 433. The van der Waals surface area contributed by atoms with E-state index >= 15 is 0 Å². The van der Waals surface area contributed by atoms with Crippen molar-refractivity contribution in [1.82, 2.24) is 4.57 Å². The van der Waals surface area contributed by atoms with Crippen molar-refractivity contribution in [3.63, 3.8) is 0 Å². The number of aryl methyl sites for hydroxylation is 1. The highest BCUT2D eigenvalue weighted by molar-refractivity contribution is 7.99. The lowest BCUT2D eigenvalue weighted by molar-refractivity contribution is -0.144. The van der Waals surface area contributed by atoms with Gasteiger partial charge in [0.25, 0.3) is 5.56 Å². The molecule has 0 saturated heterocycles. The third-order valence-corrected chi connectivity index (χ3v) is 3.33. The van der Waals surface area contributed by atoms with Crippen molar-refractivity contribution >= 4 is 17.7 Å². The predicted molar refractivity (Wildman–Crippen MR) is 72.6 cm³/mol. The van der Waals surface area contributed by atoms with E-state index in [9.17, 15) is 9.59 Å². The van der Waals surface area contributed by atoms with Crippen LogP contribution in [0, 0.1) is 0 Å². The molecule has 1 atom stereocenters. The molecule has 1 aromatic rings. The third-order valence-electron chi connectivity index (χ3n) is 2.26. The zero-order chi connectivity index (χ0) is 13.4. The fourth-order valence-electron chi connectivity index (χ4n) is 1.34. The van der Waals surface area contributed by atoms with Gasteiger partial charge in [0.05, 0.1) is 6.61 Å². The van der Waals surface area contributed by atoms with E-state index in [2.05, 4.69) is 0 Å². The standard InChI is InChI=1S/C12H18N2O3S/c1-2-17-12(16)10(13)9-18-8-7-14-6-4-3-5-11(14)15/h3-6,10H,2,7-9,13H2,1H3. The Morgan fingerprint density at radius 2 is 2.33 bits per heavy atom. The van der Waals surface area contributed by atoms with Gasteiger partial charge in [0.1, 0.15) is 6.04 Å². The molecule has 1 heterocycles. The number of ether oxygens (including phenoxy) is 1. The number of carbonyl (C=O) groups excluding carboxylic acids is 1. The van der Waals surface area contributed by atoms with Crippen LogP contribution in [0.25, 0.3) is 0 Å². The monoisotopic (exact) mass is 270 g/mol. The molecule has 0 aliphatic heterocycles. The van der Waals surface area contributed by atoms with Crippen LogP contribution in [0.3, 0.4) is 0 Å². The Morgan fingerprint density at radius 1 is 1.56 bits per heavy atom. The number of thioether (sulfide) groups is 1. The first-order valence-corrected chi connectivity index (χ1v) is 6.96. The molecule has 2 N–H and O–H groups in total. The van der Waals surface area contributed by atoms with Gasteiger partial charge in [0, 0.05) is 30.3 Å². The van der Waals surface area contributed by atoms with Crippen molar-refractivity contribution in [2.45, 2.75) is 19.5 Å². The summed E-state index contributed by atoms with van der Waals surface area (Å²) in [4.78, 5) is 22.6. The summed E-state index contributed by atoms with van der Waals surface area (Å²) in [5.41, 5.74) is 5.63. The highest BCUT2D eigenvalue weighted by atomic mass is 32.2. The predicted octanol–water partition coefficient (Wildman–Crippen LogP) is 0.472. The molecule has 18 heavy (non-hydrogen) atoms. The minimum absolute atomic E-state index is 0.0206. The fourth-order valence-corrected chi connectivity index (χ4v) is 2.22. The summed E-state index contributed by atoms with van der Waals surface area (Å²) >= 11 is 1.53. The van der Waals surface area contributed by atoms with Crippen LogP contribution >= 0.6 is 11.8 Å². The lowest BCUT2D eigenvalue weighted by Gasteiger charge is -2.10. The molecule has 1 unspecified atom stereocenters. The van der Waals surface area contributed by atoms with Gasteiger partial charge in [0.2, 0.25) is 0 Å². The zero-order valence-corrected chi connectivity index (χ0v) is 11.2. The van der Waals surface area contributed by atoms with Crippen molar-refractivity contribution in [1.29, 1.82) is 0 Å². The van der Waals surface area contributed by atoms with Crippen LogP contribution in [0.2, 0.25) is 0 Å². The molecule has 0 aliphatic carbocycles. The van der Waals surface area contributed by atoms with Gasteiger partial charge in [0.15, 0.2) is 0 Å². The van der Waals surface area contributed by atoms with E-state index in [1.165, 1.54) is 17.8 Å². The Morgan fingerprint density at radius 3 is 3.00 bits per heavy atom. The molecular formula is C12H18N2O3S. The first kappa shape index (κ1) is 14.8. The first-order valence-electron chi connectivity index (χ1n) is 5.80. The van der Waals surface area contributed by atoms with Crippen molar-refractivity contribution in [2.24, 2.45) is 5.73 Å². The number of rotatable bonds is 7. The average Bonchev–Trinajstić information content (AvgIpc) is 2.36. The van der Waals surface area contributed by atoms with Gasteiger partial charge in [-0.15, -0.1) is 0 Å². The number of carbonyl (C=O) groups is 1. The van der Waals surface area contributed by atoms with Gasteiger partial charge in [-0.05, 0) is 13.0 Å². The number of nitrogens with two attached hydrogens (primary N) is 1. The van der Waals surface area contributed by atoms with E-state index in [1.807, 2.05) is 6.07 Å². The van der Waals surface area contributed by atoms with Gasteiger partial charge in [-0.2, -0.15) is 11.8 Å². The molecule has 0 fully saturated rings. The summed E-state index contributed by atoms with van der Waals surface area (Å²) in [7, 11) is 0. The molecule has 0 amide bonds. The number of nitrogens with zero attached hydrogens (tertiary/aromatic N) is 1. The number of hydrogen-bond donors (Lipinski definition) is 1. The molecule has 5 nitrogen and oxygen atoms in total. The lowest BCUT2D eigenvalue weighted by Crippen LogP contribution is -2.34. The molecule has 6 heteroatoms. The number of esters is 1. The van der Waals surface area contributed by atoms with E-state index < -0.39 is 6.04 Å². The van der Waals surface area contributed by atoms with Crippen molar-refractivity contribution in [3.8, 4) is 0 Å². The number of hydrogen-bond acceptors (Lipinski definition) is 5. The average molecular weight is 270 g/mol. The van der Waals surface area contributed by atoms with Crippen LogP contribution in [0.1, 0.15) is 6.92 Å². The maximum atomic E-state index is 11.4. The minimum atomic E-state index is -0.595. The molecule has 0 spiro atoms. The smallest absolute Gasteiger partial charge is 0.323 e.